The van der Waals surface area contributed by atoms with E-state index in [2.05, 4.69) is 0 Å². The summed E-state index contributed by atoms with van der Waals surface area (Å²) >= 11 is 0. The molecule has 0 aliphatic heterocycles. The zero-order valence-electron chi connectivity index (χ0n) is 11.2. The van der Waals surface area contributed by atoms with Crippen LogP contribution in [0.5, 0.6) is 0 Å². The van der Waals surface area contributed by atoms with Crippen LogP contribution in [0.15, 0.2) is 18.2 Å². The van der Waals surface area contributed by atoms with Crippen molar-refractivity contribution in [2.75, 3.05) is 0 Å². The second kappa shape index (κ2) is 6.52. The normalized spacial score (nSPS) is 15.4. The Labute approximate surface area is 114 Å². The van der Waals surface area contributed by atoms with Crippen molar-refractivity contribution < 1.29 is 27.1 Å². The fraction of sp³-hybridized carbons (Fsp3) is 0.571. The zero-order valence-corrected chi connectivity index (χ0v) is 11.2. The largest absolute Gasteiger partial charge is 0.388 e. The molecule has 0 aliphatic carbocycles. The van der Waals surface area contributed by atoms with E-state index in [-0.39, 0.29) is 11.5 Å². The van der Waals surface area contributed by atoms with E-state index in [1.165, 1.54) is 12.1 Å². The van der Waals surface area contributed by atoms with Gasteiger partial charge in [-0.1, -0.05) is 19.9 Å². The van der Waals surface area contributed by atoms with Crippen LogP contribution in [0.4, 0.5) is 22.0 Å². The standard InChI is InChI=1S/C14H17F5O/c1-3-8(2)9-4-10(6-11(15)5-9)12(20)7-14(18,19)13(16)17/h4-6,8,12-13,20H,3,7H2,1-2H3. The van der Waals surface area contributed by atoms with E-state index in [1.54, 1.807) is 0 Å². The number of aliphatic hydroxyl groups is 1. The lowest BCUT2D eigenvalue weighted by Crippen LogP contribution is -2.28. The minimum Gasteiger partial charge on any atom is -0.388 e. The second-order valence-electron chi connectivity index (χ2n) is 4.91. The maximum absolute atomic E-state index is 13.4. The highest BCUT2D eigenvalue weighted by atomic mass is 19.3. The molecule has 1 aromatic carbocycles. The van der Waals surface area contributed by atoms with E-state index < -0.39 is 30.7 Å². The van der Waals surface area contributed by atoms with Gasteiger partial charge in [0.25, 0.3) is 0 Å². The Balaban J connectivity index is 2.98. The Bertz CT molecular complexity index is 447. The van der Waals surface area contributed by atoms with Gasteiger partial charge >= 0.3 is 12.3 Å². The molecule has 2 unspecified atom stereocenters. The lowest BCUT2D eigenvalue weighted by Gasteiger charge is -2.20. The molecular formula is C14H17F5O. The first kappa shape index (κ1) is 16.9. The molecule has 0 bridgehead atoms. The molecular weight excluding hydrogens is 279 g/mol. The smallest absolute Gasteiger partial charge is 0.310 e. The van der Waals surface area contributed by atoms with Crippen LogP contribution in [0.25, 0.3) is 0 Å². The van der Waals surface area contributed by atoms with Crippen molar-refractivity contribution in [1.82, 2.24) is 0 Å². The molecule has 1 aromatic rings. The Hall–Kier alpha value is -1.17. The van der Waals surface area contributed by atoms with E-state index in [0.29, 0.717) is 12.0 Å². The Morgan fingerprint density at radius 1 is 1.15 bits per heavy atom. The fourth-order valence-electron chi connectivity index (χ4n) is 1.81. The molecule has 0 spiro atoms. The molecule has 1 N–H and O–H groups in total. The lowest BCUT2D eigenvalue weighted by molar-refractivity contribution is -0.149. The highest BCUT2D eigenvalue weighted by Crippen LogP contribution is 2.34. The van der Waals surface area contributed by atoms with E-state index in [0.717, 1.165) is 6.07 Å². The van der Waals surface area contributed by atoms with Gasteiger partial charge in [0, 0.05) is 6.42 Å². The first-order valence-corrected chi connectivity index (χ1v) is 6.31. The summed E-state index contributed by atoms with van der Waals surface area (Å²) in [6.45, 7) is 3.69. The minimum atomic E-state index is -4.30. The van der Waals surface area contributed by atoms with Crippen LogP contribution >= 0.6 is 0 Å². The van der Waals surface area contributed by atoms with Crippen LogP contribution in [0, 0.1) is 5.82 Å². The molecule has 20 heavy (non-hydrogen) atoms. The van der Waals surface area contributed by atoms with Gasteiger partial charge in [0.1, 0.15) is 5.82 Å². The Morgan fingerprint density at radius 3 is 2.20 bits per heavy atom. The van der Waals surface area contributed by atoms with Crippen molar-refractivity contribution in [2.45, 2.75) is 51.1 Å². The third kappa shape index (κ3) is 4.16. The molecule has 0 radical (unpaired) electrons. The van der Waals surface area contributed by atoms with Gasteiger partial charge in [-0.15, -0.1) is 0 Å². The SMILES string of the molecule is CCC(C)c1cc(F)cc(C(O)CC(F)(F)C(F)F)c1. The van der Waals surface area contributed by atoms with Crippen molar-refractivity contribution in [3.63, 3.8) is 0 Å². The quantitative estimate of drug-likeness (QED) is 0.757. The Morgan fingerprint density at radius 2 is 1.70 bits per heavy atom. The minimum absolute atomic E-state index is 0.0211. The summed E-state index contributed by atoms with van der Waals surface area (Å²) in [6.07, 6.45) is -6.43. The maximum Gasteiger partial charge on any atom is 0.310 e. The van der Waals surface area contributed by atoms with Gasteiger partial charge < -0.3 is 5.11 Å². The van der Waals surface area contributed by atoms with Crippen molar-refractivity contribution in [2.24, 2.45) is 0 Å². The van der Waals surface area contributed by atoms with Gasteiger partial charge in [-0.05, 0) is 35.6 Å². The van der Waals surface area contributed by atoms with Crippen molar-refractivity contribution >= 4 is 0 Å². The molecule has 0 aromatic heterocycles. The average Bonchev–Trinajstić information content (AvgIpc) is 2.36. The molecule has 0 amide bonds. The van der Waals surface area contributed by atoms with Crippen molar-refractivity contribution in [3.8, 4) is 0 Å². The number of benzene rings is 1. The molecule has 0 saturated carbocycles. The summed E-state index contributed by atoms with van der Waals surface area (Å²) in [6, 6.07) is 3.51. The first-order chi connectivity index (χ1) is 9.17. The molecule has 0 saturated heterocycles. The van der Waals surface area contributed by atoms with Crippen molar-refractivity contribution in [1.29, 1.82) is 0 Å². The molecule has 0 fully saturated rings. The molecule has 6 heteroatoms. The van der Waals surface area contributed by atoms with Gasteiger partial charge in [-0.25, -0.2) is 22.0 Å². The number of alkyl halides is 4. The molecule has 114 valence electrons. The highest BCUT2D eigenvalue weighted by molar-refractivity contribution is 5.28. The second-order valence-corrected chi connectivity index (χ2v) is 4.91. The van der Waals surface area contributed by atoms with Gasteiger partial charge in [0.2, 0.25) is 0 Å². The van der Waals surface area contributed by atoms with Crippen LogP contribution in [0.1, 0.15) is 49.8 Å². The lowest BCUT2D eigenvalue weighted by atomic mass is 9.94. The summed E-state index contributed by atoms with van der Waals surface area (Å²) in [5.41, 5.74) is 0.433. The molecule has 1 nitrogen and oxygen atoms in total. The van der Waals surface area contributed by atoms with E-state index in [4.69, 9.17) is 0 Å². The fourth-order valence-corrected chi connectivity index (χ4v) is 1.81. The summed E-state index contributed by atoms with van der Waals surface area (Å²) in [7, 11) is 0. The number of rotatable bonds is 6. The molecule has 0 heterocycles. The van der Waals surface area contributed by atoms with Gasteiger partial charge in [0.05, 0.1) is 6.10 Å². The number of hydrogen-bond acceptors (Lipinski definition) is 1. The third-order valence-corrected chi connectivity index (χ3v) is 3.29. The monoisotopic (exact) mass is 296 g/mol. The zero-order chi connectivity index (χ0) is 15.5. The van der Waals surface area contributed by atoms with Crippen LogP contribution in [-0.2, 0) is 0 Å². The number of hydrogen-bond donors (Lipinski definition) is 1. The van der Waals surface area contributed by atoms with Crippen LogP contribution < -0.4 is 0 Å². The highest BCUT2D eigenvalue weighted by Gasteiger charge is 2.42. The molecule has 0 aliphatic rings. The summed E-state index contributed by atoms with van der Waals surface area (Å²) < 4.78 is 63.4. The van der Waals surface area contributed by atoms with Gasteiger partial charge in [-0.2, -0.15) is 0 Å². The predicted octanol–water partition coefficient (Wildman–Crippen LogP) is 4.66. The molecule has 2 atom stereocenters. The topological polar surface area (TPSA) is 20.2 Å². The van der Waals surface area contributed by atoms with E-state index in [1.807, 2.05) is 13.8 Å². The number of halogens is 5. The number of aliphatic hydroxyl groups excluding tert-OH is 1. The third-order valence-electron chi connectivity index (χ3n) is 3.29. The summed E-state index contributed by atoms with van der Waals surface area (Å²) in [5.74, 6) is -5.01. The van der Waals surface area contributed by atoms with E-state index in [9.17, 15) is 27.1 Å². The Kier molecular flexibility index (Phi) is 5.50. The van der Waals surface area contributed by atoms with Crippen LogP contribution in [0.2, 0.25) is 0 Å². The maximum atomic E-state index is 13.4. The summed E-state index contributed by atoms with van der Waals surface area (Å²) in [4.78, 5) is 0. The van der Waals surface area contributed by atoms with Gasteiger partial charge in [-0.3, -0.25) is 0 Å². The summed E-state index contributed by atoms with van der Waals surface area (Å²) in [5, 5.41) is 9.63. The van der Waals surface area contributed by atoms with Crippen LogP contribution in [0.3, 0.4) is 0 Å². The van der Waals surface area contributed by atoms with E-state index >= 15 is 0 Å². The van der Waals surface area contributed by atoms with Crippen LogP contribution in [-0.4, -0.2) is 17.5 Å². The molecule has 1 rings (SSSR count). The first-order valence-electron chi connectivity index (χ1n) is 6.31. The van der Waals surface area contributed by atoms with Gasteiger partial charge in [0.15, 0.2) is 0 Å². The predicted molar refractivity (Wildman–Crippen MR) is 65.6 cm³/mol. The van der Waals surface area contributed by atoms with Crippen molar-refractivity contribution in [3.05, 3.63) is 35.1 Å². The average molecular weight is 296 g/mol.